The Morgan fingerprint density at radius 3 is 2.31 bits per heavy atom. The van der Waals surface area contributed by atoms with Crippen LogP contribution in [0.1, 0.15) is 27.2 Å². The number of rotatable bonds is 4. The first-order valence-electron chi connectivity index (χ1n) is 4.18. The summed E-state index contributed by atoms with van der Waals surface area (Å²) in [7, 11) is 0. The molecule has 0 fully saturated rings. The molecule has 0 aliphatic rings. The van der Waals surface area contributed by atoms with Crippen molar-refractivity contribution in [3.8, 4) is 0 Å². The number of carbonyl (C=O) groups is 2. The molecular weight excluding hydrogens is 188 g/mol. The van der Waals surface area contributed by atoms with Gasteiger partial charge in [0.05, 0.1) is 11.2 Å². The summed E-state index contributed by atoms with van der Waals surface area (Å²) >= 11 is 1.34. The van der Waals surface area contributed by atoms with Gasteiger partial charge in [-0.15, -0.1) is 0 Å². The van der Waals surface area contributed by atoms with E-state index in [0.29, 0.717) is 6.42 Å². The maximum Gasteiger partial charge on any atom is 0.323 e. The summed E-state index contributed by atoms with van der Waals surface area (Å²) < 4.78 is 4.65. The summed E-state index contributed by atoms with van der Waals surface area (Å²) in [6.07, 6.45) is 2.45. The van der Waals surface area contributed by atoms with Gasteiger partial charge in [0.1, 0.15) is 0 Å². The van der Waals surface area contributed by atoms with E-state index in [-0.39, 0.29) is 5.75 Å². The molecule has 4 heteroatoms. The Labute approximate surface area is 83.2 Å². The van der Waals surface area contributed by atoms with Gasteiger partial charge in [0.2, 0.25) is 0 Å². The van der Waals surface area contributed by atoms with Crippen LogP contribution in [0, 0.1) is 5.41 Å². The van der Waals surface area contributed by atoms with E-state index >= 15 is 0 Å². The van der Waals surface area contributed by atoms with Gasteiger partial charge in [-0.3, -0.25) is 9.59 Å². The molecule has 0 atom stereocenters. The molecule has 13 heavy (non-hydrogen) atoms. The Morgan fingerprint density at radius 2 is 1.92 bits per heavy atom. The first kappa shape index (κ1) is 12.5. The molecule has 0 aromatic heterocycles. The van der Waals surface area contributed by atoms with Crippen molar-refractivity contribution in [3.05, 3.63) is 0 Å². The predicted molar refractivity (Wildman–Crippen MR) is 53.6 cm³/mol. The van der Waals surface area contributed by atoms with E-state index in [2.05, 4.69) is 4.74 Å². The summed E-state index contributed by atoms with van der Waals surface area (Å²) in [6, 6.07) is 0. The van der Waals surface area contributed by atoms with Gasteiger partial charge in [-0.1, -0.05) is 6.92 Å². The molecule has 0 aliphatic heterocycles. The fourth-order valence-electron chi connectivity index (χ4n) is 0.533. The Morgan fingerprint density at radius 1 is 1.38 bits per heavy atom. The molecule has 0 amide bonds. The Bertz CT molecular complexity index is 199. The number of ether oxygens (including phenoxy) is 1. The largest absolute Gasteiger partial charge is 0.392 e. The van der Waals surface area contributed by atoms with Crippen LogP contribution in [0.4, 0.5) is 0 Å². The molecule has 0 aliphatic carbocycles. The van der Waals surface area contributed by atoms with Crippen LogP contribution in [0.5, 0.6) is 0 Å². The van der Waals surface area contributed by atoms with E-state index in [1.165, 1.54) is 11.8 Å². The van der Waals surface area contributed by atoms with Crippen molar-refractivity contribution in [3.63, 3.8) is 0 Å². The van der Waals surface area contributed by atoms with E-state index in [0.717, 1.165) is 0 Å². The van der Waals surface area contributed by atoms with Gasteiger partial charge < -0.3 is 4.74 Å². The molecule has 0 radical (unpaired) electrons. The third-order valence-electron chi connectivity index (χ3n) is 1.91. The first-order valence-corrected chi connectivity index (χ1v) is 5.57. The highest BCUT2D eigenvalue weighted by molar-refractivity contribution is 7.99. The van der Waals surface area contributed by atoms with Gasteiger partial charge in [0.25, 0.3) is 0 Å². The standard InChI is InChI=1S/C9H16O3S/c1-5-9(2,3)8(11)12-7(10)6-13-4/h5-6H2,1-4H3. The van der Waals surface area contributed by atoms with Crippen molar-refractivity contribution in [2.24, 2.45) is 5.41 Å². The van der Waals surface area contributed by atoms with Crippen molar-refractivity contribution in [2.45, 2.75) is 27.2 Å². The fraction of sp³-hybridized carbons (Fsp3) is 0.778. The lowest BCUT2D eigenvalue weighted by Crippen LogP contribution is -2.28. The first-order chi connectivity index (χ1) is 5.94. The molecule has 0 aromatic rings. The summed E-state index contributed by atoms with van der Waals surface area (Å²) in [4.78, 5) is 22.3. The van der Waals surface area contributed by atoms with Crippen molar-refractivity contribution in [2.75, 3.05) is 12.0 Å². The highest BCUT2D eigenvalue weighted by Gasteiger charge is 2.28. The molecule has 3 nitrogen and oxygen atoms in total. The molecule has 0 bridgehead atoms. The molecule has 0 rings (SSSR count). The molecular formula is C9H16O3S. The van der Waals surface area contributed by atoms with Gasteiger partial charge in [-0.25, -0.2) is 0 Å². The SMILES string of the molecule is CCC(C)(C)C(=O)OC(=O)CSC. The number of thioether (sulfide) groups is 1. The van der Waals surface area contributed by atoms with Crippen LogP contribution in [0.2, 0.25) is 0 Å². The van der Waals surface area contributed by atoms with E-state index in [1.807, 2.05) is 6.92 Å². The van der Waals surface area contributed by atoms with Gasteiger partial charge in [-0.2, -0.15) is 11.8 Å². The second-order valence-electron chi connectivity index (χ2n) is 3.43. The molecule has 0 saturated heterocycles. The quantitative estimate of drug-likeness (QED) is 0.518. The smallest absolute Gasteiger partial charge is 0.323 e. The minimum atomic E-state index is -0.561. The van der Waals surface area contributed by atoms with Crippen molar-refractivity contribution in [1.29, 1.82) is 0 Å². The molecule has 0 heterocycles. The second-order valence-corrected chi connectivity index (χ2v) is 4.30. The summed E-state index contributed by atoms with van der Waals surface area (Å²) in [5.74, 6) is -0.668. The lowest BCUT2D eigenvalue weighted by atomic mass is 9.91. The number of esters is 2. The Balaban J connectivity index is 4.07. The minimum Gasteiger partial charge on any atom is -0.392 e. The zero-order valence-electron chi connectivity index (χ0n) is 8.55. The van der Waals surface area contributed by atoms with Gasteiger partial charge in [0, 0.05) is 0 Å². The average molecular weight is 204 g/mol. The van der Waals surface area contributed by atoms with Crippen LogP contribution >= 0.6 is 11.8 Å². The highest BCUT2D eigenvalue weighted by atomic mass is 32.2. The van der Waals surface area contributed by atoms with E-state index in [4.69, 9.17) is 0 Å². The zero-order valence-corrected chi connectivity index (χ0v) is 9.36. The van der Waals surface area contributed by atoms with Gasteiger partial charge in [0.15, 0.2) is 0 Å². The van der Waals surface area contributed by atoms with Crippen molar-refractivity contribution >= 4 is 23.7 Å². The number of carbonyl (C=O) groups excluding carboxylic acids is 2. The number of hydrogen-bond donors (Lipinski definition) is 0. The third kappa shape index (κ3) is 4.31. The Hall–Kier alpha value is -0.510. The highest BCUT2D eigenvalue weighted by Crippen LogP contribution is 2.21. The van der Waals surface area contributed by atoms with Crippen LogP contribution in [-0.2, 0) is 14.3 Å². The predicted octanol–water partition coefficient (Wildman–Crippen LogP) is 1.86. The Kier molecular flexibility index (Phi) is 5.06. The molecule has 0 aromatic carbocycles. The molecule has 0 unspecified atom stereocenters. The van der Waals surface area contributed by atoms with Crippen LogP contribution in [0.15, 0.2) is 0 Å². The third-order valence-corrected chi connectivity index (χ3v) is 2.43. The van der Waals surface area contributed by atoms with E-state index in [1.54, 1.807) is 20.1 Å². The minimum absolute atomic E-state index is 0.228. The lowest BCUT2D eigenvalue weighted by molar-refractivity contribution is -0.164. The summed E-state index contributed by atoms with van der Waals surface area (Å²) in [5.41, 5.74) is -0.561. The zero-order chi connectivity index (χ0) is 10.5. The summed E-state index contributed by atoms with van der Waals surface area (Å²) in [6.45, 7) is 5.42. The van der Waals surface area contributed by atoms with E-state index in [9.17, 15) is 9.59 Å². The van der Waals surface area contributed by atoms with E-state index < -0.39 is 17.4 Å². The van der Waals surface area contributed by atoms with Crippen LogP contribution < -0.4 is 0 Å². The van der Waals surface area contributed by atoms with Crippen LogP contribution in [0.3, 0.4) is 0 Å². The monoisotopic (exact) mass is 204 g/mol. The van der Waals surface area contributed by atoms with Gasteiger partial charge >= 0.3 is 11.9 Å². The maximum absolute atomic E-state index is 11.3. The normalized spacial score (nSPS) is 11.1. The molecule has 0 saturated carbocycles. The fourth-order valence-corrected chi connectivity index (χ4v) is 0.828. The second kappa shape index (κ2) is 5.27. The summed E-state index contributed by atoms with van der Waals surface area (Å²) in [5, 5.41) is 0. The topological polar surface area (TPSA) is 43.4 Å². The lowest BCUT2D eigenvalue weighted by Gasteiger charge is -2.18. The van der Waals surface area contributed by atoms with Crippen LogP contribution in [-0.4, -0.2) is 23.9 Å². The molecule has 0 spiro atoms. The van der Waals surface area contributed by atoms with Crippen molar-refractivity contribution < 1.29 is 14.3 Å². The molecule has 0 N–H and O–H groups in total. The number of hydrogen-bond acceptors (Lipinski definition) is 4. The van der Waals surface area contributed by atoms with Crippen LogP contribution in [0.25, 0.3) is 0 Å². The van der Waals surface area contributed by atoms with Gasteiger partial charge in [-0.05, 0) is 26.5 Å². The average Bonchev–Trinajstić information content (AvgIpc) is 2.04. The molecule has 76 valence electrons. The van der Waals surface area contributed by atoms with Crippen molar-refractivity contribution in [1.82, 2.24) is 0 Å². The maximum atomic E-state index is 11.3.